The lowest BCUT2D eigenvalue weighted by Crippen LogP contribution is -2.39. The monoisotopic (exact) mass is 255 g/mol. The molecule has 0 saturated carbocycles. The lowest BCUT2D eigenvalue weighted by Gasteiger charge is -2.28. The number of hydrogen-bond acceptors (Lipinski definition) is 2. The smallest absolute Gasteiger partial charge is 0.251 e. The van der Waals surface area contributed by atoms with Crippen molar-refractivity contribution in [3.05, 3.63) is 12.2 Å². The largest absolute Gasteiger partial charge is 0.362 e. The highest BCUT2D eigenvalue weighted by atomic mass is 16.5. The van der Waals surface area contributed by atoms with E-state index < -0.39 is 0 Å². The minimum Gasteiger partial charge on any atom is -0.362 e. The Morgan fingerprint density at radius 1 is 1.17 bits per heavy atom. The molecule has 0 spiro atoms. The molecule has 18 heavy (non-hydrogen) atoms. The minimum atomic E-state index is -0.386. The number of rotatable bonds is 6. The van der Waals surface area contributed by atoms with Crippen LogP contribution < -0.4 is 0 Å². The van der Waals surface area contributed by atoms with Crippen LogP contribution in [0.5, 0.6) is 0 Å². The molecule has 1 amide bonds. The van der Waals surface area contributed by atoms with Crippen LogP contribution in [0.3, 0.4) is 0 Å². The van der Waals surface area contributed by atoms with Crippen LogP contribution in [-0.2, 0) is 9.53 Å². The molecule has 0 aliphatic carbocycles. The van der Waals surface area contributed by atoms with Crippen molar-refractivity contribution in [3.63, 3.8) is 0 Å². The van der Waals surface area contributed by atoms with E-state index in [4.69, 9.17) is 4.74 Å². The van der Waals surface area contributed by atoms with Crippen LogP contribution in [0.1, 0.15) is 47.5 Å². The fraction of sp³-hybridized carbons (Fsp3) is 0.800. The molecule has 0 aliphatic heterocycles. The highest BCUT2D eigenvalue weighted by Crippen LogP contribution is 2.15. The fourth-order valence-electron chi connectivity index (χ4n) is 1.50. The molecule has 0 aromatic heterocycles. The van der Waals surface area contributed by atoms with Gasteiger partial charge in [-0.2, -0.15) is 0 Å². The van der Waals surface area contributed by atoms with Gasteiger partial charge in [-0.3, -0.25) is 4.79 Å². The number of likely N-dealkylation sites (N-methyl/N-ethyl adjacent to an activating group) is 1. The molecule has 1 atom stereocenters. The van der Waals surface area contributed by atoms with Crippen LogP contribution in [0.2, 0.25) is 0 Å². The van der Waals surface area contributed by atoms with E-state index in [1.165, 1.54) is 0 Å². The van der Waals surface area contributed by atoms with E-state index in [1.54, 1.807) is 19.0 Å². The molecule has 0 N–H and O–H groups in total. The lowest BCUT2D eigenvalue weighted by molar-refractivity contribution is -0.150. The Labute approximate surface area is 112 Å². The summed E-state index contributed by atoms with van der Waals surface area (Å²) in [7, 11) is 3.53. The van der Waals surface area contributed by atoms with E-state index in [1.807, 2.05) is 20.8 Å². The second-order valence-corrected chi connectivity index (χ2v) is 6.29. The van der Waals surface area contributed by atoms with E-state index >= 15 is 0 Å². The summed E-state index contributed by atoms with van der Waals surface area (Å²) in [6.45, 7) is 10.3. The van der Waals surface area contributed by atoms with Crippen molar-refractivity contribution < 1.29 is 9.53 Å². The van der Waals surface area contributed by atoms with Gasteiger partial charge in [0, 0.05) is 20.5 Å². The Hall–Kier alpha value is -0.830. The summed E-state index contributed by atoms with van der Waals surface area (Å²) >= 11 is 0. The second kappa shape index (κ2) is 7.57. The Morgan fingerprint density at radius 2 is 1.67 bits per heavy atom. The predicted octanol–water partition coefficient (Wildman–Crippen LogP) is 3.25. The Kier molecular flexibility index (Phi) is 7.22. The van der Waals surface area contributed by atoms with Gasteiger partial charge in [-0.25, -0.2) is 0 Å². The Bertz CT molecular complexity index is 275. The number of amides is 1. The zero-order valence-corrected chi connectivity index (χ0v) is 13.0. The summed E-state index contributed by atoms with van der Waals surface area (Å²) in [6, 6.07) is 0. The van der Waals surface area contributed by atoms with Gasteiger partial charge in [0.2, 0.25) is 0 Å². The van der Waals surface area contributed by atoms with Crippen molar-refractivity contribution >= 4 is 5.91 Å². The Balaban J connectivity index is 4.49. The Morgan fingerprint density at radius 3 is 2.06 bits per heavy atom. The molecule has 0 aromatic carbocycles. The first kappa shape index (κ1) is 17.2. The number of allylic oxidation sites excluding steroid dienone is 1. The predicted molar refractivity (Wildman–Crippen MR) is 76.5 cm³/mol. The molecule has 3 heteroatoms. The molecule has 0 saturated heterocycles. The lowest BCUT2D eigenvalue weighted by atomic mass is 10.1. The molecule has 0 bridgehead atoms. The molecule has 0 rings (SSSR count). The molecule has 106 valence electrons. The summed E-state index contributed by atoms with van der Waals surface area (Å²) in [4.78, 5) is 13.6. The quantitative estimate of drug-likeness (QED) is 0.682. The zero-order valence-electron chi connectivity index (χ0n) is 13.0. The first-order valence-corrected chi connectivity index (χ1v) is 6.67. The van der Waals surface area contributed by atoms with E-state index in [0.29, 0.717) is 12.3 Å². The van der Waals surface area contributed by atoms with Crippen LogP contribution in [0.15, 0.2) is 12.2 Å². The van der Waals surface area contributed by atoms with Crippen molar-refractivity contribution in [1.29, 1.82) is 0 Å². The number of carbonyl (C=O) groups is 1. The maximum absolute atomic E-state index is 12.0. The molecule has 0 aliphatic rings. The maximum Gasteiger partial charge on any atom is 0.251 e. The zero-order chi connectivity index (χ0) is 14.3. The molecule has 0 aromatic rings. The molecule has 3 nitrogen and oxygen atoms in total. The molecule has 0 fully saturated rings. The molecular weight excluding hydrogens is 226 g/mol. The van der Waals surface area contributed by atoms with E-state index in [2.05, 4.69) is 26.0 Å². The number of hydrogen-bond donors (Lipinski definition) is 0. The van der Waals surface area contributed by atoms with Gasteiger partial charge in [0.1, 0.15) is 6.10 Å². The standard InChI is InChI=1S/C15H29NO2/c1-12(2)10-8-9-11-13(14(17)16(6)7)18-15(3,4)5/h8-9,12-13H,10-11H2,1-7H3/b9-8+. The second-order valence-electron chi connectivity index (χ2n) is 6.29. The average molecular weight is 255 g/mol. The van der Waals surface area contributed by atoms with Gasteiger partial charge in [-0.05, 0) is 33.1 Å². The SMILES string of the molecule is CC(C)C/C=C/CC(OC(C)(C)C)C(=O)N(C)C. The van der Waals surface area contributed by atoms with E-state index in [9.17, 15) is 4.79 Å². The molecular formula is C15H29NO2. The fourth-order valence-corrected chi connectivity index (χ4v) is 1.50. The van der Waals surface area contributed by atoms with Gasteiger partial charge in [0.15, 0.2) is 0 Å². The van der Waals surface area contributed by atoms with Crippen LogP contribution in [0.4, 0.5) is 0 Å². The normalized spacial score (nSPS) is 14.2. The van der Waals surface area contributed by atoms with Gasteiger partial charge in [-0.15, -0.1) is 0 Å². The van der Waals surface area contributed by atoms with Gasteiger partial charge >= 0.3 is 0 Å². The summed E-state index contributed by atoms with van der Waals surface area (Å²) in [5.41, 5.74) is -0.303. The first-order valence-electron chi connectivity index (χ1n) is 6.67. The van der Waals surface area contributed by atoms with Crippen LogP contribution >= 0.6 is 0 Å². The number of ether oxygens (including phenoxy) is 1. The number of carbonyl (C=O) groups excluding carboxylic acids is 1. The first-order chi connectivity index (χ1) is 8.13. The summed E-state index contributed by atoms with van der Waals surface area (Å²) < 4.78 is 5.83. The molecule has 1 unspecified atom stereocenters. The van der Waals surface area contributed by atoms with Gasteiger partial charge in [-0.1, -0.05) is 26.0 Å². The van der Waals surface area contributed by atoms with Crippen LogP contribution in [-0.4, -0.2) is 36.6 Å². The van der Waals surface area contributed by atoms with Crippen LogP contribution in [0.25, 0.3) is 0 Å². The van der Waals surface area contributed by atoms with Crippen molar-refractivity contribution in [2.24, 2.45) is 5.92 Å². The average Bonchev–Trinajstić information content (AvgIpc) is 2.19. The summed E-state index contributed by atoms with van der Waals surface area (Å²) in [6.07, 6.45) is 5.48. The molecule has 0 heterocycles. The third kappa shape index (κ3) is 8.29. The highest BCUT2D eigenvalue weighted by molar-refractivity contribution is 5.80. The molecule has 0 radical (unpaired) electrons. The van der Waals surface area contributed by atoms with E-state index in [-0.39, 0.29) is 17.6 Å². The summed E-state index contributed by atoms with van der Waals surface area (Å²) in [5, 5.41) is 0. The number of nitrogens with zero attached hydrogens (tertiary/aromatic N) is 1. The topological polar surface area (TPSA) is 29.5 Å². The minimum absolute atomic E-state index is 0.0270. The van der Waals surface area contributed by atoms with Crippen LogP contribution in [0, 0.1) is 5.92 Å². The third-order valence-electron chi connectivity index (χ3n) is 2.34. The van der Waals surface area contributed by atoms with Gasteiger partial charge in [0.25, 0.3) is 5.91 Å². The van der Waals surface area contributed by atoms with Crippen molar-refractivity contribution in [3.8, 4) is 0 Å². The van der Waals surface area contributed by atoms with Crippen molar-refractivity contribution in [1.82, 2.24) is 4.90 Å². The highest BCUT2D eigenvalue weighted by Gasteiger charge is 2.25. The maximum atomic E-state index is 12.0. The van der Waals surface area contributed by atoms with Gasteiger partial charge in [0.05, 0.1) is 5.60 Å². The third-order valence-corrected chi connectivity index (χ3v) is 2.34. The van der Waals surface area contributed by atoms with Gasteiger partial charge < -0.3 is 9.64 Å². The summed E-state index contributed by atoms with van der Waals surface area (Å²) in [5.74, 6) is 0.673. The van der Waals surface area contributed by atoms with Crippen molar-refractivity contribution in [2.75, 3.05) is 14.1 Å². The van der Waals surface area contributed by atoms with Crippen molar-refractivity contribution in [2.45, 2.75) is 59.2 Å². The van der Waals surface area contributed by atoms with E-state index in [0.717, 1.165) is 6.42 Å².